The summed E-state index contributed by atoms with van der Waals surface area (Å²) in [5.41, 5.74) is 5.25. The highest BCUT2D eigenvalue weighted by Crippen LogP contribution is 1.99. The third-order valence-electron chi connectivity index (χ3n) is 1.58. The van der Waals surface area contributed by atoms with Gasteiger partial charge in [0.25, 0.3) is 0 Å². The number of hydrogen-bond acceptors (Lipinski definition) is 2. The van der Waals surface area contributed by atoms with E-state index in [0.717, 1.165) is 13.0 Å². The van der Waals surface area contributed by atoms with Crippen molar-refractivity contribution < 1.29 is 4.79 Å². The summed E-state index contributed by atoms with van der Waals surface area (Å²) in [6.07, 6.45) is 0.990. The molecule has 2 N–H and O–H groups in total. The number of rotatable bonds is 4. The first-order valence-corrected chi connectivity index (χ1v) is 4.13. The van der Waals surface area contributed by atoms with Crippen molar-refractivity contribution in [2.24, 2.45) is 5.73 Å². The first kappa shape index (κ1) is 10.4. The van der Waals surface area contributed by atoms with Gasteiger partial charge in [-0.25, -0.2) is 0 Å². The predicted octanol–water partition coefficient (Wildman–Crippen LogP) is 0.592. The van der Waals surface area contributed by atoms with Crippen molar-refractivity contribution in [3.63, 3.8) is 0 Å². The second-order valence-corrected chi connectivity index (χ2v) is 2.89. The maximum absolute atomic E-state index is 11.1. The molecule has 0 aliphatic rings. The summed E-state index contributed by atoms with van der Waals surface area (Å²) in [7, 11) is 0. The van der Waals surface area contributed by atoms with E-state index in [1.807, 2.05) is 13.8 Å². The number of nitrogens with zero attached hydrogens (tertiary/aromatic N) is 1. The van der Waals surface area contributed by atoms with E-state index in [9.17, 15) is 4.79 Å². The van der Waals surface area contributed by atoms with E-state index in [0.29, 0.717) is 0 Å². The standard InChI is InChI=1S/C8H18N2O/c1-4-5-10(7(2)3)8(11)6-9/h7H,4-6,9H2,1-3H3. The van der Waals surface area contributed by atoms with Crippen molar-refractivity contribution in [2.75, 3.05) is 13.1 Å². The molecule has 0 spiro atoms. The average molecular weight is 158 g/mol. The molecule has 0 aliphatic heterocycles. The molecule has 3 heteroatoms. The molecule has 0 rings (SSSR count). The Morgan fingerprint density at radius 3 is 2.36 bits per heavy atom. The smallest absolute Gasteiger partial charge is 0.236 e. The molecule has 0 aromatic heterocycles. The number of nitrogens with two attached hydrogens (primary N) is 1. The van der Waals surface area contributed by atoms with Gasteiger partial charge in [-0.05, 0) is 20.3 Å². The van der Waals surface area contributed by atoms with Crippen LogP contribution in [0.5, 0.6) is 0 Å². The predicted molar refractivity (Wildman–Crippen MR) is 46.2 cm³/mol. The third-order valence-corrected chi connectivity index (χ3v) is 1.58. The van der Waals surface area contributed by atoms with E-state index in [2.05, 4.69) is 6.92 Å². The van der Waals surface area contributed by atoms with Gasteiger partial charge in [0.1, 0.15) is 0 Å². The molecule has 0 fully saturated rings. The lowest BCUT2D eigenvalue weighted by molar-refractivity contribution is -0.131. The molecule has 11 heavy (non-hydrogen) atoms. The quantitative estimate of drug-likeness (QED) is 0.651. The van der Waals surface area contributed by atoms with Crippen molar-refractivity contribution in [1.29, 1.82) is 0 Å². The van der Waals surface area contributed by atoms with Crippen molar-refractivity contribution in [3.05, 3.63) is 0 Å². The van der Waals surface area contributed by atoms with Crippen LogP contribution in [-0.4, -0.2) is 29.9 Å². The second kappa shape index (κ2) is 5.13. The summed E-state index contributed by atoms with van der Waals surface area (Å²) in [4.78, 5) is 12.9. The van der Waals surface area contributed by atoms with Crippen LogP contribution in [0.3, 0.4) is 0 Å². The summed E-state index contributed by atoms with van der Waals surface area (Å²) < 4.78 is 0. The topological polar surface area (TPSA) is 46.3 Å². The minimum absolute atomic E-state index is 0.0434. The minimum atomic E-state index is 0.0434. The fourth-order valence-electron chi connectivity index (χ4n) is 1.03. The Morgan fingerprint density at radius 1 is 1.55 bits per heavy atom. The molecule has 0 aromatic rings. The third kappa shape index (κ3) is 3.37. The van der Waals surface area contributed by atoms with Crippen molar-refractivity contribution in [3.8, 4) is 0 Å². The second-order valence-electron chi connectivity index (χ2n) is 2.89. The maximum Gasteiger partial charge on any atom is 0.236 e. The van der Waals surface area contributed by atoms with Gasteiger partial charge < -0.3 is 10.6 Å². The highest BCUT2D eigenvalue weighted by atomic mass is 16.2. The zero-order valence-electron chi connectivity index (χ0n) is 7.63. The lowest BCUT2D eigenvalue weighted by atomic mass is 10.3. The lowest BCUT2D eigenvalue weighted by Gasteiger charge is -2.25. The van der Waals surface area contributed by atoms with E-state index in [1.165, 1.54) is 0 Å². The minimum Gasteiger partial charge on any atom is -0.339 e. The zero-order valence-corrected chi connectivity index (χ0v) is 7.63. The number of carbonyl (C=O) groups is 1. The Kier molecular flexibility index (Phi) is 4.86. The summed E-state index contributed by atoms with van der Waals surface area (Å²) >= 11 is 0. The van der Waals surface area contributed by atoms with Crippen LogP contribution in [-0.2, 0) is 4.79 Å². The molecular formula is C8H18N2O. The monoisotopic (exact) mass is 158 g/mol. The molecule has 0 saturated heterocycles. The summed E-state index contributed by atoms with van der Waals surface area (Å²) in [6, 6.07) is 0.269. The van der Waals surface area contributed by atoms with Gasteiger partial charge in [0.15, 0.2) is 0 Å². The Labute approximate surface area is 68.6 Å². The fourth-order valence-corrected chi connectivity index (χ4v) is 1.03. The van der Waals surface area contributed by atoms with Crippen LogP contribution in [0.1, 0.15) is 27.2 Å². The molecule has 0 saturated carbocycles. The Balaban J connectivity index is 3.98. The van der Waals surface area contributed by atoms with Gasteiger partial charge in [-0.2, -0.15) is 0 Å². The van der Waals surface area contributed by atoms with Gasteiger partial charge in [-0.15, -0.1) is 0 Å². The first-order chi connectivity index (χ1) is 5.13. The Hall–Kier alpha value is -0.570. The van der Waals surface area contributed by atoms with Crippen molar-refractivity contribution in [2.45, 2.75) is 33.2 Å². The molecule has 0 aromatic carbocycles. The van der Waals surface area contributed by atoms with Crippen LogP contribution in [0.25, 0.3) is 0 Å². The highest BCUT2D eigenvalue weighted by molar-refractivity contribution is 5.78. The Bertz CT molecular complexity index is 123. The summed E-state index contributed by atoms with van der Waals surface area (Å²) in [6.45, 7) is 7.00. The van der Waals surface area contributed by atoms with Crippen LogP contribution >= 0.6 is 0 Å². The van der Waals surface area contributed by atoms with E-state index in [1.54, 1.807) is 4.90 Å². The molecule has 0 bridgehead atoms. The highest BCUT2D eigenvalue weighted by Gasteiger charge is 2.12. The van der Waals surface area contributed by atoms with Gasteiger partial charge in [-0.3, -0.25) is 4.79 Å². The fraction of sp³-hybridized carbons (Fsp3) is 0.875. The van der Waals surface area contributed by atoms with E-state index < -0.39 is 0 Å². The molecule has 3 nitrogen and oxygen atoms in total. The van der Waals surface area contributed by atoms with Crippen LogP contribution in [0.4, 0.5) is 0 Å². The number of amides is 1. The van der Waals surface area contributed by atoms with Crippen LogP contribution in [0.2, 0.25) is 0 Å². The molecule has 66 valence electrons. The molecule has 1 amide bonds. The van der Waals surface area contributed by atoms with Gasteiger partial charge in [0.05, 0.1) is 6.54 Å². The first-order valence-electron chi connectivity index (χ1n) is 4.13. The Morgan fingerprint density at radius 2 is 2.09 bits per heavy atom. The van der Waals surface area contributed by atoms with Crippen molar-refractivity contribution in [1.82, 2.24) is 4.90 Å². The lowest BCUT2D eigenvalue weighted by Crippen LogP contribution is -2.41. The normalized spacial score (nSPS) is 10.3. The molecule has 0 aliphatic carbocycles. The van der Waals surface area contributed by atoms with E-state index in [-0.39, 0.29) is 18.5 Å². The molecular weight excluding hydrogens is 140 g/mol. The maximum atomic E-state index is 11.1. The number of carbonyl (C=O) groups excluding carboxylic acids is 1. The summed E-state index contributed by atoms with van der Waals surface area (Å²) in [5, 5.41) is 0. The van der Waals surface area contributed by atoms with Gasteiger partial charge >= 0.3 is 0 Å². The largest absolute Gasteiger partial charge is 0.339 e. The SMILES string of the molecule is CCCN(C(=O)CN)C(C)C. The molecule has 0 atom stereocenters. The van der Waals surface area contributed by atoms with Gasteiger partial charge in [-0.1, -0.05) is 6.92 Å². The number of hydrogen-bond donors (Lipinski definition) is 1. The average Bonchev–Trinajstić information content (AvgIpc) is 1.98. The van der Waals surface area contributed by atoms with Crippen LogP contribution in [0, 0.1) is 0 Å². The van der Waals surface area contributed by atoms with Crippen molar-refractivity contribution >= 4 is 5.91 Å². The van der Waals surface area contributed by atoms with Gasteiger partial charge in [0, 0.05) is 12.6 Å². The van der Waals surface area contributed by atoms with Gasteiger partial charge in [0.2, 0.25) is 5.91 Å². The van der Waals surface area contributed by atoms with E-state index >= 15 is 0 Å². The summed E-state index contributed by atoms with van der Waals surface area (Å²) in [5.74, 6) is 0.0434. The van der Waals surface area contributed by atoms with Crippen LogP contribution < -0.4 is 5.73 Å². The molecule has 0 unspecified atom stereocenters. The molecule has 0 heterocycles. The zero-order chi connectivity index (χ0) is 8.85. The molecule has 0 radical (unpaired) electrons. The van der Waals surface area contributed by atoms with E-state index in [4.69, 9.17) is 5.73 Å². The van der Waals surface area contributed by atoms with Crippen LogP contribution in [0.15, 0.2) is 0 Å².